The summed E-state index contributed by atoms with van der Waals surface area (Å²) in [6.45, 7) is 6.65. The number of alkyl halides is 3. The third-order valence-corrected chi connectivity index (χ3v) is 2.91. The quantitative estimate of drug-likeness (QED) is 0.756. The van der Waals surface area contributed by atoms with Gasteiger partial charge >= 0.3 is 6.18 Å². The average Bonchev–Trinajstić information content (AvgIpc) is 2.09. The minimum Gasteiger partial charge on any atom is -0.307 e. The van der Waals surface area contributed by atoms with E-state index in [-0.39, 0.29) is 0 Å². The molecule has 1 rings (SSSR count). The fourth-order valence-electron chi connectivity index (χ4n) is 2.20. The van der Waals surface area contributed by atoms with E-state index in [1.807, 2.05) is 0 Å². The molecular weight excluding hydrogens is 217 g/mol. The van der Waals surface area contributed by atoms with E-state index < -0.39 is 12.7 Å². The van der Waals surface area contributed by atoms with Gasteiger partial charge in [0.15, 0.2) is 0 Å². The van der Waals surface area contributed by atoms with Crippen molar-refractivity contribution in [2.75, 3.05) is 32.7 Å². The van der Waals surface area contributed by atoms with Crippen LogP contribution in [0.15, 0.2) is 0 Å². The van der Waals surface area contributed by atoms with E-state index in [4.69, 9.17) is 0 Å². The molecule has 0 bridgehead atoms. The zero-order chi connectivity index (χ0) is 12.2. The molecule has 0 aliphatic carbocycles. The Morgan fingerprint density at radius 2 is 2.00 bits per heavy atom. The van der Waals surface area contributed by atoms with E-state index in [9.17, 15) is 13.2 Å². The van der Waals surface area contributed by atoms with Crippen molar-refractivity contribution in [2.45, 2.75) is 32.9 Å². The number of likely N-dealkylation sites (tertiary alicyclic amines) is 1. The summed E-state index contributed by atoms with van der Waals surface area (Å²) < 4.78 is 35.6. The monoisotopic (exact) mass is 238 g/mol. The smallest absolute Gasteiger partial charge is 0.307 e. The van der Waals surface area contributed by atoms with Crippen molar-refractivity contribution in [1.29, 1.82) is 0 Å². The molecule has 2 nitrogen and oxygen atoms in total. The van der Waals surface area contributed by atoms with Crippen LogP contribution in [0.3, 0.4) is 0 Å². The molecule has 1 aliphatic heterocycles. The summed E-state index contributed by atoms with van der Waals surface area (Å²) in [7, 11) is 0. The molecule has 1 fully saturated rings. The lowest BCUT2D eigenvalue weighted by atomic mass is 9.84. The maximum atomic E-state index is 11.9. The Hall–Kier alpha value is -0.290. The molecule has 96 valence electrons. The fraction of sp³-hybridized carbons (Fsp3) is 1.00. The van der Waals surface area contributed by atoms with Crippen LogP contribution < -0.4 is 5.32 Å². The van der Waals surface area contributed by atoms with Crippen molar-refractivity contribution in [1.82, 2.24) is 10.2 Å². The summed E-state index contributed by atoms with van der Waals surface area (Å²) in [4.78, 5) is 2.24. The van der Waals surface area contributed by atoms with Crippen LogP contribution in [0.5, 0.6) is 0 Å². The fourth-order valence-corrected chi connectivity index (χ4v) is 2.20. The summed E-state index contributed by atoms with van der Waals surface area (Å²) in [5.74, 6) is 0. The van der Waals surface area contributed by atoms with Crippen molar-refractivity contribution in [3.63, 3.8) is 0 Å². The molecule has 1 N–H and O–H groups in total. The van der Waals surface area contributed by atoms with E-state index in [1.54, 1.807) is 0 Å². The number of piperidine rings is 1. The molecule has 16 heavy (non-hydrogen) atoms. The van der Waals surface area contributed by atoms with E-state index >= 15 is 0 Å². The van der Waals surface area contributed by atoms with Crippen LogP contribution in [0, 0.1) is 5.41 Å². The highest BCUT2D eigenvalue weighted by Gasteiger charge is 2.27. The van der Waals surface area contributed by atoms with E-state index in [2.05, 4.69) is 24.1 Å². The van der Waals surface area contributed by atoms with Crippen molar-refractivity contribution in [2.24, 2.45) is 5.41 Å². The van der Waals surface area contributed by atoms with Crippen LogP contribution in [-0.2, 0) is 0 Å². The molecule has 0 radical (unpaired) electrons. The van der Waals surface area contributed by atoms with Crippen molar-refractivity contribution < 1.29 is 13.2 Å². The van der Waals surface area contributed by atoms with Gasteiger partial charge in [0.05, 0.1) is 6.54 Å². The Morgan fingerprint density at radius 1 is 1.31 bits per heavy atom. The molecule has 0 atom stereocenters. The predicted octanol–water partition coefficient (Wildman–Crippen LogP) is 2.26. The molecule has 0 unspecified atom stereocenters. The molecule has 1 saturated heterocycles. The third kappa shape index (κ3) is 5.70. The molecule has 0 aromatic heterocycles. The van der Waals surface area contributed by atoms with Gasteiger partial charge in [0.25, 0.3) is 0 Å². The normalized spacial score (nSPS) is 22.3. The second kappa shape index (κ2) is 5.36. The van der Waals surface area contributed by atoms with Crippen LogP contribution in [0.25, 0.3) is 0 Å². The number of hydrogen-bond donors (Lipinski definition) is 1. The summed E-state index contributed by atoms with van der Waals surface area (Å²) >= 11 is 0. The Balaban J connectivity index is 2.13. The van der Waals surface area contributed by atoms with E-state index in [0.717, 1.165) is 19.5 Å². The maximum Gasteiger partial charge on any atom is 0.401 e. The SMILES string of the molecule is CC1(C)CCCN(CCNCC(F)(F)F)C1. The number of nitrogens with one attached hydrogen (secondary N) is 1. The van der Waals surface area contributed by atoms with Crippen LogP contribution in [0.1, 0.15) is 26.7 Å². The average molecular weight is 238 g/mol. The number of hydrogen-bond acceptors (Lipinski definition) is 2. The van der Waals surface area contributed by atoms with Crippen LogP contribution >= 0.6 is 0 Å². The van der Waals surface area contributed by atoms with Gasteiger partial charge < -0.3 is 10.2 Å². The lowest BCUT2D eigenvalue weighted by molar-refractivity contribution is -0.124. The molecule has 0 aromatic carbocycles. The maximum absolute atomic E-state index is 11.9. The Kier molecular flexibility index (Phi) is 4.62. The van der Waals surface area contributed by atoms with Crippen molar-refractivity contribution in [3.05, 3.63) is 0 Å². The number of halogens is 3. The highest BCUT2D eigenvalue weighted by atomic mass is 19.4. The third-order valence-electron chi connectivity index (χ3n) is 2.91. The summed E-state index contributed by atoms with van der Waals surface area (Å²) in [5, 5.41) is 2.43. The van der Waals surface area contributed by atoms with Gasteiger partial charge in [-0.25, -0.2) is 0 Å². The minimum atomic E-state index is -4.10. The molecule has 0 saturated carbocycles. The first-order valence-electron chi connectivity index (χ1n) is 5.78. The van der Waals surface area contributed by atoms with E-state index in [0.29, 0.717) is 18.5 Å². The minimum absolute atomic E-state index is 0.308. The lowest BCUT2D eigenvalue weighted by Gasteiger charge is -2.38. The summed E-state index contributed by atoms with van der Waals surface area (Å²) in [6.07, 6.45) is -1.74. The summed E-state index contributed by atoms with van der Waals surface area (Å²) in [6, 6.07) is 0. The van der Waals surface area contributed by atoms with Crippen LogP contribution in [0.2, 0.25) is 0 Å². The zero-order valence-electron chi connectivity index (χ0n) is 10.0. The molecule has 1 aliphatic rings. The first-order valence-corrected chi connectivity index (χ1v) is 5.78. The van der Waals surface area contributed by atoms with Gasteiger partial charge in [0.1, 0.15) is 0 Å². The number of nitrogens with zero attached hydrogens (tertiary/aromatic N) is 1. The van der Waals surface area contributed by atoms with Crippen molar-refractivity contribution >= 4 is 0 Å². The standard InChI is InChI=1S/C11H21F3N2/c1-10(2)4-3-6-16(9-10)7-5-15-8-11(12,13)14/h15H,3-9H2,1-2H3. The highest BCUT2D eigenvalue weighted by molar-refractivity contribution is 4.79. The van der Waals surface area contributed by atoms with Gasteiger partial charge in [-0.1, -0.05) is 13.8 Å². The van der Waals surface area contributed by atoms with Gasteiger partial charge in [0, 0.05) is 19.6 Å². The van der Waals surface area contributed by atoms with E-state index in [1.165, 1.54) is 6.42 Å². The van der Waals surface area contributed by atoms with Gasteiger partial charge in [-0.3, -0.25) is 0 Å². The first-order chi connectivity index (χ1) is 7.29. The first kappa shape index (κ1) is 13.8. The number of rotatable bonds is 4. The predicted molar refractivity (Wildman–Crippen MR) is 58.4 cm³/mol. The largest absolute Gasteiger partial charge is 0.401 e. The second-order valence-electron chi connectivity index (χ2n) is 5.34. The van der Waals surface area contributed by atoms with Gasteiger partial charge in [-0.2, -0.15) is 13.2 Å². The topological polar surface area (TPSA) is 15.3 Å². The molecule has 0 spiro atoms. The lowest BCUT2D eigenvalue weighted by Crippen LogP contribution is -2.43. The van der Waals surface area contributed by atoms with Gasteiger partial charge in [-0.15, -0.1) is 0 Å². The van der Waals surface area contributed by atoms with Crippen molar-refractivity contribution in [3.8, 4) is 0 Å². The molecular formula is C11H21F3N2. The highest BCUT2D eigenvalue weighted by Crippen LogP contribution is 2.27. The zero-order valence-corrected chi connectivity index (χ0v) is 10.0. The Morgan fingerprint density at radius 3 is 2.56 bits per heavy atom. The second-order valence-corrected chi connectivity index (χ2v) is 5.34. The Labute approximate surface area is 95.2 Å². The molecule has 1 heterocycles. The van der Waals surface area contributed by atoms with Gasteiger partial charge in [0.2, 0.25) is 0 Å². The molecule has 0 amide bonds. The van der Waals surface area contributed by atoms with Crippen LogP contribution in [-0.4, -0.2) is 43.8 Å². The Bertz CT molecular complexity index is 214. The summed E-state index contributed by atoms with van der Waals surface area (Å²) in [5.41, 5.74) is 0.308. The molecule has 0 aromatic rings. The molecule has 5 heteroatoms. The van der Waals surface area contributed by atoms with Gasteiger partial charge in [-0.05, 0) is 24.8 Å². The van der Waals surface area contributed by atoms with Crippen LogP contribution in [0.4, 0.5) is 13.2 Å².